The van der Waals surface area contributed by atoms with Crippen LogP contribution in [-0.2, 0) is 16.4 Å². The van der Waals surface area contributed by atoms with Crippen molar-refractivity contribution in [1.82, 2.24) is 4.72 Å². The Balaban J connectivity index is 2.11. The van der Waals surface area contributed by atoms with Gasteiger partial charge in [-0.25, -0.2) is 13.1 Å². The molecule has 20 heavy (non-hydrogen) atoms. The van der Waals surface area contributed by atoms with E-state index in [0.717, 1.165) is 18.4 Å². The average molecular weight is 296 g/mol. The molecule has 0 radical (unpaired) electrons. The summed E-state index contributed by atoms with van der Waals surface area (Å²) in [6.07, 6.45) is 6.63. The molecule has 0 bridgehead atoms. The van der Waals surface area contributed by atoms with Crippen LogP contribution in [0.5, 0.6) is 0 Å². The second-order valence-corrected chi connectivity index (χ2v) is 7.31. The quantitative estimate of drug-likeness (QED) is 0.821. The molecule has 0 saturated heterocycles. The van der Waals surface area contributed by atoms with Crippen molar-refractivity contribution >= 4 is 15.7 Å². The summed E-state index contributed by atoms with van der Waals surface area (Å²) < 4.78 is 27.6. The predicted molar refractivity (Wildman–Crippen MR) is 82.0 cm³/mol. The van der Waals surface area contributed by atoms with E-state index in [1.165, 1.54) is 19.3 Å². The number of hydrogen-bond donors (Lipinski definition) is 2. The Kier molecular flexibility index (Phi) is 5.05. The van der Waals surface area contributed by atoms with Gasteiger partial charge in [0.25, 0.3) is 0 Å². The maximum absolute atomic E-state index is 12.4. The van der Waals surface area contributed by atoms with Crippen LogP contribution in [-0.4, -0.2) is 15.0 Å². The Morgan fingerprint density at radius 1 is 1.25 bits per heavy atom. The van der Waals surface area contributed by atoms with Crippen LogP contribution in [0.2, 0.25) is 0 Å². The predicted octanol–water partition coefficient (Wildman–Crippen LogP) is 2.69. The molecule has 1 aromatic carbocycles. The van der Waals surface area contributed by atoms with E-state index in [1.54, 1.807) is 18.2 Å². The van der Waals surface area contributed by atoms with E-state index in [0.29, 0.717) is 29.5 Å². The summed E-state index contributed by atoms with van der Waals surface area (Å²) in [6.45, 7) is 2.49. The molecule has 0 aliphatic heterocycles. The monoisotopic (exact) mass is 296 g/mol. The standard InChI is InChI=1S/C15H24N2O2S/c1-2-13-8-9-14(16)10-15(13)20(18,19)17-11-12-6-4-3-5-7-12/h8-10,12,17H,2-7,11,16H2,1H3. The highest BCUT2D eigenvalue weighted by Crippen LogP contribution is 2.24. The first-order valence-corrected chi connectivity index (χ1v) is 8.89. The van der Waals surface area contributed by atoms with Gasteiger partial charge in [0, 0.05) is 12.2 Å². The molecule has 4 nitrogen and oxygen atoms in total. The Labute approximate surface area is 121 Å². The highest BCUT2D eigenvalue weighted by atomic mass is 32.2. The van der Waals surface area contributed by atoms with Crippen LogP contribution in [0, 0.1) is 5.92 Å². The Bertz CT molecular complexity index is 549. The molecule has 1 fully saturated rings. The van der Waals surface area contributed by atoms with E-state index in [4.69, 9.17) is 5.73 Å². The number of nitrogen functional groups attached to an aromatic ring is 1. The fourth-order valence-corrected chi connectivity index (χ4v) is 4.27. The Morgan fingerprint density at radius 3 is 2.60 bits per heavy atom. The van der Waals surface area contributed by atoms with Gasteiger partial charge in [0.1, 0.15) is 0 Å². The molecule has 1 aliphatic rings. The van der Waals surface area contributed by atoms with E-state index in [-0.39, 0.29) is 0 Å². The first-order valence-electron chi connectivity index (χ1n) is 7.41. The van der Waals surface area contributed by atoms with Crippen molar-refractivity contribution in [2.45, 2.75) is 50.3 Å². The number of nitrogens with one attached hydrogen (secondary N) is 1. The van der Waals surface area contributed by atoms with E-state index < -0.39 is 10.0 Å². The van der Waals surface area contributed by atoms with Gasteiger partial charge in [-0.1, -0.05) is 32.3 Å². The lowest BCUT2D eigenvalue weighted by Crippen LogP contribution is -2.31. The number of benzene rings is 1. The number of nitrogens with two attached hydrogens (primary N) is 1. The molecular weight excluding hydrogens is 272 g/mol. The minimum absolute atomic E-state index is 0.329. The largest absolute Gasteiger partial charge is 0.399 e. The third kappa shape index (κ3) is 3.73. The minimum atomic E-state index is -3.45. The van der Waals surface area contributed by atoms with Gasteiger partial charge in [-0.05, 0) is 42.9 Å². The van der Waals surface area contributed by atoms with E-state index in [9.17, 15) is 8.42 Å². The first-order chi connectivity index (χ1) is 9.53. The van der Waals surface area contributed by atoms with Crippen LogP contribution in [0.3, 0.4) is 0 Å². The van der Waals surface area contributed by atoms with Crippen LogP contribution < -0.4 is 10.5 Å². The van der Waals surface area contributed by atoms with Crippen molar-refractivity contribution in [3.63, 3.8) is 0 Å². The zero-order valence-electron chi connectivity index (χ0n) is 12.1. The number of sulfonamides is 1. The molecule has 1 saturated carbocycles. The normalized spacial score (nSPS) is 17.2. The molecule has 112 valence electrons. The third-order valence-corrected chi connectivity index (χ3v) is 5.55. The molecule has 0 spiro atoms. The fraction of sp³-hybridized carbons (Fsp3) is 0.600. The van der Waals surface area contributed by atoms with Gasteiger partial charge in [0.15, 0.2) is 0 Å². The van der Waals surface area contributed by atoms with Gasteiger partial charge >= 0.3 is 0 Å². The molecule has 0 unspecified atom stereocenters. The summed E-state index contributed by atoms with van der Waals surface area (Å²) in [4.78, 5) is 0.329. The molecule has 1 aromatic rings. The van der Waals surface area contributed by atoms with Gasteiger partial charge in [0.05, 0.1) is 4.90 Å². The maximum atomic E-state index is 12.4. The summed E-state index contributed by atoms with van der Waals surface area (Å²) in [7, 11) is -3.45. The first kappa shape index (κ1) is 15.3. The second kappa shape index (κ2) is 6.59. The van der Waals surface area contributed by atoms with Crippen molar-refractivity contribution in [3.8, 4) is 0 Å². The van der Waals surface area contributed by atoms with Crippen molar-refractivity contribution in [3.05, 3.63) is 23.8 Å². The highest BCUT2D eigenvalue weighted by Gasteiger charge is 2.21. The third-order valence-electron chi connectivity index (χ3n) is 4.05. The molecule has 1 aliphatic carbocycles. The van der Waals surface area contributed by atoms with Gasteiger partial charge < -0.3 is 5.73 Å². The zero-order valence-corrected chi connectivity index (χ0v) is 12.9. The van der Waals surface area contributed by atoms with E-state index >= 15 is 0 Å². The number of aryl methyl sites for hydroxylation is 1. The molecule has 0 aromatic heterocycles. The Hall–Kier alpha value is -1.07. The number of anilines is 1. The van der Waals surface area contributed by atoms with E-state index in [2.05, 4.69) is 4.72 Å². The maximum Gasteiger partial charge on any atom is 0.240 e. The Morgan fingerprint density at radius 2 is 1.95 bits per heavy atom. The smallest absolute Gasteiger partial charge is 0.240 e. The van der Waals surface area contributed by atoms with Crippen LogP contribution in [0.25, 0.3) is 0 Å². The van der Waals surface area contributed by atoms with Gasteiger partial charge in [0.2, 0.25) is 10.0 Å². The highest BCUT2D eigenvalue weighted by molar-refractivity contribution is 7.89. The van der Waals surface area contributed by atoms with Crippen molar-refractivity contribution in [2.75, 3.05) is 12.3 Å². The summed E-state index contributed by atoms with van der Waals surface area (Å²) in [5, 5.41) is 0. The van der Waals surface area contributed by atoms with Crippen LogP contribution in [0.1, 0.15) is 44.6 Å². The lowest BCUT2D eigenvalue weighted by Gasteiger charge is -2.22. The molecule has 0 atom stereocenters. The fourth-order valence-electron chi connectivity index (χ4n) is 2.81. The van der Waals surface area contributed by atoms with Gasteiger partial charge in [-0.2, -0.15) is 0 Å². The zero-order chi connectivity index (χ0) is 14.6. The molecular formula is C15H24N2O2S. The summed E-state index contributed by atoms with van der Waals surface area (Å²) in [5.41, 5.74) is 7.03. The van der Waals surface area contributed by atoms with Gasteiger partial charge in [-0.3, -0.25) is 0 Å². The minimum Gasteiger partial charge on any atom is -0.399 e. The topological polar surface area (TPSA) is 72.2 Å². The summed E-state index contributed by atoms with van der Waals surface area (Å²) in [6, 6.07) is 5.10. The number of hydrogen-bond acceptors (Lipinski definition) is 3. The SMILES string of the molecule is CCc1ccc(N)cc1S(=O)(=O)NCC1CCCCC1. The van der Waals surface area contributed by atoms with Crippen LogP contribution in [0.15, 0.2) is 23.1 Å². The van der Waals surface area contributed by atoms with Crippen molar-refractivity contribution < 1.29 is 8.42 Å². The summed E-state index contributed by atoms with van der Waals surface area (Å²) in [5.74, 6) is 0.477. The molecule has 3 N–H and O–H groups in total. The lowest BCUT2D eigenvalue weighted by atomic mass is 9.90. The van der Waals surface area contributed by atoms with E-state index in [1.807, 2.05) is 6.92 Å². The van der Waals surface area contributed by atoms with Gasteiger partial charge in [-0.15, -0.1) is 0 Å². The van der Waals surface area contributed by atoms with Crippen molar-refractivity contribution in [2.24, 2.45) is 5.92 Å². The molecule has 5 heteroatoms. The average Bonchev–Trinajstić information content (AvgIpc) is 2.46. The van der Waals surface area contributed by atoms with Crippen LogP contribution >= 0.6 is 0 Å². The van der Waals surface area contributed by atoms with Crippen LogP contribution in [0.4, 0.5) is 5.69 Å². The molecule has 0 heterocycles. The molecule has 0 amide bonds. The summed E-state index contributed by atoms with van der Waals surface area (Å²) >= 11 is 0. The lowest BCUT2D eigenvalue weighted by molar-refractivity contribution is 0.357. The molecule has 2 rings (SSSR count). The second-order valence-electron chi connectivity index (χ2n) is 5.58. The number of rotatable bonds is 5. The van der Waals surface area contributed by atoms with Crippen molar-refractivity contribution in [1.29, 1.82) is 0 Å².